The van der Waals surface area contributed by atoms with Crippen LogP contribution in [0.5, 0.6) is 5.75 Å². The van der Waals surface area contributed by atoms with Gasteiger partial charge in [-0.2, -0.15) is 5.10 Å². The Labute approximate surface area is 139 Å². The third-order valence-corrected chi connectivity index (χ3v) is 4.19. The fourth-order valence-corrected chi connectivity index (χ4v) is 2.86. The normalized spacial score (nSPS) is 15.5. The standard InChI is InChI=1S/C16H19N7O/c1-3-16(4-2-14(1)23-12-18-20-21-23)24-11-13-9-19-22(10-13)15-5-7-17-8-6-15/h1-4,9-10,12,15,17H,5-8,11H2. The maximum atomic E-state index is 5.84. The number of nitrogens with one attached hydrogen (secondary N) is 1. The number of ether oxygens (including phenoxy) is 1. The molecule has 1 aromatic carbocycles. The van der Waals surface area contributed by atoms with Crippen molar-refractivity contribution in [3.63, 3.8) is 0 Å². The minimum absolute atomic E-state index is 0.496. The van der Waals surface area contributed by atoms with Gasteiger partial charge >= 0.3 is 0 Å². The highest BCUT2D eigenvalue weighted by Crippen LogP contribution is 2.19. The molecule has 2 aromatic heterocycles. The van der Waals surface area contributed by atoms with E-state index in [-0.39, 0.29) is 0 Å². The largest absolute Gasteiger partial charge is 0.489 e. The lowest BCUT2D eigenvalue weighted by atomic mass is 10.1. The first kappa shape index (κ1) is 14.8. The summed E-state index contributed by atoms with van der Waals surface area (Å²) in [7, 11) is 0. The number of aromatic nitrogens is 6. The molecule has 1 aliphatic heterocycles. The molecule has 8 heteroatoms. The lowest BCUT2D eigenvalue weighted by Gasteiger charge is -2.22. The number of rotatable bonds is 5. The molecule has 0 saturated carbocycles. The molecule has 0 amide bonds. The van der Waals surface area contributed by atoms with Crippen molar-refractivity contribution in [3.05, 3.63) is 48.5 Å². The average molecular weight is 325 g/mol. The van der Waals surface area contributed by atoms with Gasteiger partial charge in [-0.15, -0.1) is 5.10 Å². The van der Waals surface area contributed by atoms with Gasteiger partial charge in [-0.25, -0.2) is 4.68 Å². The van der Waals surface area contributed by atoms with E-state index >= 15 is 0 Å². The summed E-state index contributed by atoms with van der Waals surface area (Å²) in [5, 5.41) is 19.0. The second kappa shape index (κ2) is 6.79. The third kappa shape index (κ3) is 3.28. The maximum Gasteiger partial charge on any atom is 0.143 e. The molecule has 24 heavy (non-hydrogen) atoms. The lowest BCUT2D eigenvalue weighted by Crippen LogP contribution is -2.29. The van der Waals surface area contributed by atoms with Gasteiger partial charge in [0.15, 0.2) is 0 Å². The number of benzene rings is 1. The van der Waals surface area contributed by atoms with Crippen LogP contribution in [-0.2, 0) is 6.61 Å². The average Bonchev–Trinajstić information content (AvgIpc) is 3.33. The Balaban J connectivity index is 1.36. The van der Waals surface area contributed by atoms with E-state index in [1.54, 1.807) is 11.0 Å². The minimum atomic E-state index is 0.496. The molecular weight excluding hydrogens is 306 g/mol. The first-order valence-electron chi connectivity index (χ1n) is 8.08. The first-order valence-corrected chi connectivity index (χ1v) is 8.08. The van der Waals surface area contributed by atoms with Crippen molar-refractivity contribution in [2.75, 3.05) is 13.1 Å². The van der Waals surface area contributed by atoms with Crippen LogP contribution in [0.4, 0.5) is 0 Å². The van der Waals surface area contributed by atoms with E-state index in [9.17, 15) is 0 Å². The van der Waals surface area contributed by atoms with Crippen molar-refractivity contribution < 1.29 is 4.74 Å². The highest BCUT2D eigenvalue weighted by Gasteiger charge is 2.15. The molecule has 3 heterocycles. The molecule has 0 spiro atoms. The van der Waals surface area contributed by atoms with E-state index in [1.165, 1.54) is 0 Å². The monoisotopic (exact) mass is 325 g/mol. The van der Waals surface area contributed by atoms with Gasteiger partial charge in [-0.05, 0) is 60.6 Å². The van der Waals surface area contributed by atoms with Crippen molar-refractivity contribution in [2.24, 2.45) is 0 Å². The molecule has 8 nitrogen and oxygen atoms in total. The van der Waals surface area contributed by atoms with E-state index in [0.717, 1.165) is 42.9 Å². The summed E-state index contributed by atoms with van der Waals surface area (Å²) in [5.74, 6) is 0.807. The van der Waals surface area contributed by atoms with Gasteiger partial charge in [-0.1, -0.05) is 0 Å². The van der Waals surface area contributed by atoms with Crippen LogP contribution in [0.25, 0.3) is 5.69 Å². The molecule has 1 fully saturated rings. The first-order chi connectivity index (χ1) is 11.9. The minimum Gasteiger partial charge on any atom is -0.489 e. The van der Waals surface area contributed by atoms with Gasteiger partial charge < -0.3 is 10.1 Å². The summed E-state index contributed by atoms with van der Waals surface area (Å²) < 4.78 is 9.51. The van der Waals surface area contributed by atoms with Crippen LogP contribution in [0.15, 0.2) is 43.0 Å². The van der Waals surface area contributed by atoms with Gasteiger partial charge in [0, 0.05) is 11.8 Å². The summed E-state index contributed by atoms with van der Waals surface area (Å²) in [4.78, 5) is 0. The van der Waals surface area contributed by atoms with E-state index in [0.29, 0.717) is 12.6 Å². The van der Waals surface area contributed by atoms with Crippen LogP contribution in [0.2, 0.25) is 0 Å². The Kier molecular flexibility index (Phi) is 4.20. The van der Waals surface area contributed by atoms with Crippen LogP contribution >= 0.6 is 0 Å². The predicted molar refractivity (Wildman–Crippen MR) is 86.9 cm³/mol. The molecule has 0 aliphatic carbocycles. The van der Waals surface area contributed by atoms with Crippen molar-refractivity contribution in [1.29, 1.82) is 0 Å². The molecular formula is C16H19N7O. The Bertz CT molecular complexity index is 760. The third-order valence-electron chi connectivity index (χ3n) is 4.19. The topological polar surface area (TPSA) is 82.7 Å². The maximum absolute atomic E-state index is 5.84. The quantitative estimate of drug-likeness (QED) is 0.763. The van der Waals surface area contributed by atoms with Gasteiger partial charge in [0.2, 0.25) is 0 Å². The van der Waals surface area contributed by atoms with Crippen molar-refractivity contribution >= 4 is 0 Å². The zero-order valence-corrected chi connectivity index (χ0v) is 13.2. The SMILES string of the molecule is c1nn(C2CCNCC2)cc1COc1ccc(-n2cnnn2)cc1. The van der Waals surface area contributed by atoms with Crippen molar-refractivity contribution in [2.45, 2.75) is 25.5 Å². The molecule has 0 bridgehead atoms. The molecule has 1 aliphatic rings. The summed E-state index contributed by atoms with van der Waals surface area (Å²) >= 11 is 0. The smallest absolute Gasteiger partial charge is 0.143 e. The molecule has 124 valence electrons. The van der Waals surface area contributed by atoms with Gasteiger partial charge in [-0.3, -0.25) is 4.68 Å². The molecule has 0 unspecified atom stereocenters. The fraction of sp³-hybridized carbons (Fsp3) is 0.375. The Morgan fingerprint density at radius 2 is 2.00 bits per heavy atom. The predicted octanol–water partition coefficient (Wildman–Crippen LogP) is 1.36. The van der Waals surface area contributed by atoms with Crippen LogP contribution < -0.4 is 10.1 Å². The fourth-order valence-electron chi connectivity index (χ4n) is 2.86. The molecule has 0 atom stereocenters. The summed E-state index contributed by atoms with van der Waals surface area (Å²) in [6.07, 6.45) is 7.79. The number of hydrogen-bond acceptors (Lipinski definition) is 6. The van der Waals surface area contributed by atoms with Gasteiger partial charge in [0.1, 0.15) is 18.7 Å². The molecule has 0 radical (unpaired) electrons. The van der Waals surface area contributed by atoms with Crippen LogP contribution in [0.3, 0.4) is 0 Å². The van der Waals surface area contributed by atoms with Crippen molar-refractivity contribution in [3.8, 4) is 11.4 Å². The number of hydrogen-bond donors (Lipinski definition) is 1. The molecule has 3 aromatic rings. The summed E-state index contributed by atoms with van der Waals surface area (Å²) in [6, 6.07) is 8.16. The Morgan fingerprint density at radius 1 is 1.17 bits per heavy atom. The summed E-state index contributed by atoms with van der Waals surface area (Å²) in [6.45, 7) is 2.63. The van der Waals surface area contributed by atoms with E-state index in [2.05, 4.69) is 36.8 Å². The van der Waals surface area contributed by atoms with Gasteiger partial charge in [0.05, 0.1) is 17.9 Å². The second-order valence-electron chi connectivity index (χ2n) is 5.85. The number of piperidine rings is 1. The van der Waals surface area contributed by atoms with Crippen molar-refractivity contribution in [1.82, 2.24) is 35.3 Å². The Hall–Kier alpha value is -2.74. The highest BCUT2D eigenvalue weighted by atomic mass is 16.5. The van der Waals surface area contributed by atoms with E-state index in [1.807, 2.05) is 30.5 Å². The second-order valence-corrected chi connectivity index (χ2v) is 5.85. The molecule has 1 saturated heterocycles. The number of tetrazole rings is 1. The van der Waals surface area contributed by atoms with Gasteiger partial charge in [0.25, 0.3) is 0 Å². The summed E-state index contributed by atoms with van der Waals surface area (Å²) in [5.41, 5.74) is 1.98. The lowest BCUT2D eigenvalue weighted by molar-refractivity contribution is 0.305. The van der Waals surface area contributed by atoms with Crippen LogP contribution in [0.1, 0.15) is 24.4 Å². The van der Waals surface area contributed by atoms with E-state index in [4.69, 9.17) is 4.74 Å². The Morgan fingerprint density at radius 3 is 2.75 bits per heavy atom. The highest BCUT2D eigenvalue weighted by molar-refractivity contribution is 5.36. The molecule has 1 N–H and O–H groups in total. The zero-order chi connectivity index (χ0) is 16.2. The zero-order valence-electron chi connectivity index (χ0n) is 13.2. The number of nitrogens with zero attached hydrogens (tertiary/aromatic N) is 6. The van der Waals surface area contributed by atoms with Crippen LogP contribution in [0, 0.1) is 0 Å². The van der Waals surface area contributed by atoms with E-state index < -0.39 is 0 Å². The molecule has 4 rings (SSSR count). The van der Waals surface area contributed by atoms with Crippen LogP contribution in [-0.4, -0.2) is 43.1 Å².